The molecule has 0 saturated heterocycles. The number of aryl methyl sites for hydroxylation is 1. The molecule has 0 saturated carbocycles. The molecule has 5 nitrogen and oxygen atoms in total. The second-order valence-electron chi connectivity index (χ2n) is 4.36. The van der Waals surface area contributed by atoms with E-state index in [1.807, 2.05) is 37.4 Å². The van der Waals surface area contributed by atoms with Gasteiger partial charge in [0.05, 0.1) is 0 Å². The Hall–Kier alpha value is -1.95. The minimum atomic E-state index is -0.591. The Morgan fingerprint density at radius 3 is 2.65 bits per heavy atom. The summed E-state index contributed by atoms with van der Waals surface area (Å²) in [6.07, 6.45) is 1.42. The smallest absolute Gasteiger partial charge is 0.266 e. The molecule has 0 aliphatic rings. The van der Waals surface area contributed by atoms with Crippen LogP contribution in [0.3, 0.4) is 0 Å². The number of thioether (sulfide) groups is 1. The lowest BCUT2D eigenvalue weighted by Crippen LogP contribution is -2.30. The number of rotatable bonds is 5. The summed E-state index contributed by atoms with van der Waals surface area (Å²) in [4.78, 5) is 13.1. The van der Waals surface area contributed by atoms with E-state index in [2.05, 4.69) is 15.5 Å². The first kappa shape index (κ1) is 14.5. The lowest BCUT2D eigenvalue weighted by atomic mass is 10.3. The van der Waals surface area contributed by atoms with Gasteiger partial charge in [0.1, 0.15) is 5.75 Å². The third-order valence-electron chi connectivity index (χ3n) is 2.70. The van der Waals surface area contributed by atoms with Gasteiger partial charge in [-0.2, -0.15) is 5.10 Å². The molecule has 0 fully saturated rings. The molecule has 0 aliphatic carbocycles. The van der Waals surface area contributed by atoms with E-state index in [4.69, 9.17) is 4.74 Å². The summed E-state index contributed by atoms with van der Waals surface area (Å²) in [6.45, 7) is 3.58. The average molecular weight is 291 g/mol. The van der Waals surface area contributed by atoms with Gasteiger partial charge in [-0.05, 0) is 44.4 Å². The molecule has 106 valence electrons. The number of nitrogens with zero attached hydrogens (tertiary/aromatic N) is 1. The van der Waals surface area contributed by atoms with E-state index in [9.17, 15) is 4.79 Å². The number of nitrogens with one attached hydrogen (secondary N) is 2. The molecule has 0 spiro atoms. The minimum absolute atomic E-state index is 0.231. The number of carbonyl (C=O) groups excluding carboxylic acids is 1. The largest absolute Gasteiger partial charge is 0.481 e. The number of ether oxygens (including phenoxy) is 1. The quantitative estimate of drug-likeness (QED) is 0.831. The van der Waals surface area contributed by atoms with Crippen LogP contribution in [0.1, 0.15) is 12.6 Å². The van der Waals surface area contributed by atoms with E-state index in [1.165, 1.54) is 0 Å². The van der Waals surface area contributed by atoms with E-state index in [0.29, 0.717) is 11.6 Å². The van der Waals surface area contributed by atoms with Crippen molar-refractivity contribution < 1.29 is 9.53 Å². The Kier molecular flexibility index (Phi) is 4.68. The average Bonchev–Trinajstić information content (AvgIpc) is 2.85. The maximum absolute atomic E-state index is 12.0. The van der Waals surface area contributed by atoms with E-state index >= 15 is 0 Å². The summed E-state index contributed by atoms with van der Waals surface area (Å²) >= 11 is 1.66. The SMILES string of the molecule is CSc1ccc(O[C@H](C)C(=O)Nc2cc(C)[nH]n2)cc1. The first-order valence-corrected chi connectivity index (χ1v) is 7.44. The van der Waals surface area contributed by atoms with Gasteiger partial charge in [0.2, 0.25) is 0 Å². The summed E-state index contributed by atoms with van der Waals surface area (Å²) < 4.78 is 5.60. The zero-order valence-electron chi connectivity index (χ0n) is 11.6. The van der Waals surface area contributed by atoms with Gasteiger partial charge in [-0.3, -0.25) is 9.89 Å². The summed E-state index contributed by atoms with van der Waals surface area (Å²) in [5, 5.41) is 9.41. The Labute approximate surface area is 122 Å². The highest BCUT2D eigenvalue weighted by Crippen LogP contribution is 2.20. The van der Waals surface area contributed by atoms with Gasteiger partial charge in [-0.1, -0.05) is 0 Å². The molecular formula is C14H17N3O2S. The Morgan fingerprint density at radius 2 is 2.10 bits per heavy atom. The van der Waals surface area contributed by atoms with Crippen molar-refractivity contribution in [2.75, 3.05) is 11.6 Å². The summed E-state index contributed by atoms with van der Waals surface area (Å²) in [7, 11) is 0. The fraction of sp³-hybridized carbons (Fsp3) is 0.286. The van der Waals surface area contributed by atoms with Gasteiger partial charge in [-0.25, -0.2) is 0 Å². The molecule has 1 atom stereocenters. The third kappa shape index (κ3) is 3.77. The highest BCUT2D eigenvalue weighted by molar-refractivity contribution is 7.98. The molecule has 0 aliphatic heterocycles. The zero-order chi connectivity index (χ0) is 14.5. The standard InChI is InChI=1S/C14H17N3O2S/c1-9-8-13(17-16-9)15-14(18)10(2)19-11-4-6-12(20-3)7-5-11/h4-8,10H,1-3H3,(H2,15,16,17,18)/t10-/m1/s1. The van der Waals surface area contributed by atoms with Crippen molar-refractivity contribution in [1.82, 2.24) is 10.2 Å². The number of aromatic amines is 1. The van der Waals surface area contributed by atoms with Crippen LogP contribution in [0.5, 0.6) is 5.75 Å². The topological polar surface area (TPSA) is 67.0 Å². The molecule has 0 bridgehead atoms. The van der Waals surface area contributed by atoms with Crippen molar-refractivity contribution in [2.24, 2.45) is 0 Å². The van der Waals surface area contributed by atoms with Crippen molar-refractivity contribution in [3.63, 3.8) is 0 Å². The van der Waals surface area contributed by atoms with Gasteiger partial charge in [0.25, 0.3) is 5.91 Å². The monoisotopic (exact) mass is 291 g/mol. The molecule has 2 aromatic rings. The molecule has 2 N–H and O–H groups in total. The molecule has 1 aromatic heterocycles. The maximum atomic E-state index is 12.0. The molecule has 0 unspecified atom stereocenters. The van der Waals surface area contributed by atoms with Crippen LogP contribution in [0, 0.1) is 6.92 Å². The van der Waals surface area contributed by atoms with E-state index < -0.39 is 6.10 Å². The van der Waals surface area contributed by atoms with Crippen LogP contribution in [0.25, 0.3) is 0 Å². The van der Waals surface area contributed by atoms with E-state index in [0.717, 1.165) is 10.6 Å². The number of hydrogen-bond acceptors (Lipinski definition) is 4. The van der Waals surface area contributed by atoms with Crippen LogP contribution in [-0.4, -0.2) is 28.5 Å². The maximum Gasteiger partial charge on any atom is 0.266 e. The molecule has 20 heavy (non-hydrogen) atoms. The van der Waals surface area contributed by atoms with Gasteiger partial charge in [0.15, 0.2) is 11.9 Å². The van der Waals surface area contributed by atoms with Crippen LogP contribution in [0.2, 0.25) is 0 Å². The summed E-state index contributed by atoms with van der Waals surface area (Å²) in [5.74, 6) is 0.940. The van der Waals surface area contributed by atoms with Crippen LogP contribution in [0.15, 0.2) is 35.2 Å². The lowest BCUT2D eigenvalue weighted by Gasteiger charge is -2.13. The van der Waals surface area contributed by atoms with Crippen LogP contribution >= 0.6 is 11.8 Å². The normalized spacial score (nSPS) is 11.9. The molecule has 1 aromatic carbocycles. The second kappa shape index (κ2) is 6.47. The molecule has 0 radical (unpaired) electrons. The Morgan fingerprint density at radius 1 is 1.40 bits per heavy atom. The third-order valence-corrected chi connectivity index (χ3v) is 3.44. The summed E-state index contributed by atoms with van der Waals surface area (Å²) in [5.41, 5.74) is 0.890. The van der Waals surface area contributed by atoms with E-state index in [-0.39, 0.29) is 5.91 Å². The molecule has 6 heteroatoms. The first-order valence-electron chi connectivity index (χ1n) is 6.22. The number of anilines is 1. The van der Waals surface area contributed by atoms with Gasteiger partial charge < -0.3 is 10.1 Å². The van der Waals surface area contributed by atoms with Crippen molar-refractivity contribution in [1.29, 1.82) is 0 Å². The summed E-state index contributed by atoms with van der Waals surface area (Å²) in [6, 6.07) is 9.39. The van der Waals surface area contributed by atoms with Crippen molar-refractivity contribution in [3.05, 3.63) is 36.0 Å². The molecular weight excluding hydrogens is 274 g/mol. The van der Waals surface area contributed by atoms with Crippen LogP contribution in [-0.2, 0) is 4.79 Å². The van der Waals surface area contributed by atoms with Gasteiger partial charge in [-0.15, -0.1) is 11.8 Å². The number of carbonyl (C=O) groups is 1. The second-order valence-corrected chi connectivity index (χ2v) is 5.24. The minimum Gasteiger partial charge on any atom is -0.481 e. The number of amides is 1. The number of benzene rings is 1. The van der Waals surface area contributed by atoms with E-state index in [1.54, 1.807) is 24.8 Å². The van der Waals surface area contributed by atoms with Crippen LogP contribution in [0.4, 0.5) is 5.82 Å². The van der Waals surface area contributed by atoms with Crippen molar-refractivity contribution >= 4 is 23.5 Å². The van der Waals surface area contributed by atoms with Crippen molar-refractivity contribution in [3.8, 4) is 5.75 Å². The first-order chi connectivity index (χ1) is 9.58. The fourth-order valence-electron chi connectivity index (χ4n) is 1.62. The number of H-pyrrole nitrogens is 1. The zero-order valence-corrected chi connectivity index (χ0v) is 12.5. The van der Waals surface area contributed by atoms with Gasteiger partial charge >= 0.3 is 0 Å². The van der Waals surface area contributed by atoms with Crippen molar-refractivity contribution in [2.45, 2.75) is 24.8 Å². The van der Waals surface area contributed by atoms with Crippen LogP contribution < -0.4 is 10.1 Å². The predicted octanol–water partition coefficient (Wildman–Crippen LogP) is 2.85. The molecule has 2 rings (SSSR count). The number of aromatic nitrogens is 2. The predicted molar refractivity (Wildman–Crippen MR) is 80.3 cm³/mol. The number of hydrogen-bond donors (Lipinski definition) is 2. The lowest BCUT2D eigenvalue weighted by molar-refractivity contribution is -0.122. The Balaban J connectivity index is 1.92. The Bertz CT molecular complexity index is 580. The highest BCUT2D eigenvalue weighted by Gasteiger charge is 2.15. The molecule has 1 amide bonds. The highest BCUT2D eigenvalue weighted by atomic mass is 32.2. The fourth-order valence-corrected chi connectivity index (χ4v) is 2.03. The molecule has 1 heterocycles. The van der Waals surface area contributed by atoms with Gasteiger partial charge in [0, 0.05) is 16.7 Å².